The van der Waals surface area contributed by atoms with Crippen molar-refractivity contribution in [2.24, 2.45) is 0 Å². The molecule has 0 atom stereocenters. The number of pyridine rings is 1. The van der Waals surface area contributed by atoms with Crippen LogP contribution in [0.2, 0.25) is 0 Å². The highest BCUT2D eigenvalue weighted by molar-refractivity contribution is 5.71. The van der Waals surface area contributed by atoms with E-state index in [4.69, 9.17) is 19.2 Å². The van der Waals surface area contributed by atoms with E-state index in [0.717, 1.165) is 18.7 Å². The number of nitrogens with zero attached hydrogens (tertiary/aromatic N) is 2. The van der Waals surface area contributed by atoms with Crippen LogP contribution in [-0.2, 0) is 29.2 Å². The standard InChI is InChI=1S/C32H28N2O3/c1-2-9-24(10-3-1)23-37-30-17-16-27(33-31(30)32-35-19-20-36-32)13-8-18-34-21-25-11-4-6-14-28(25)29-15-7-5-12-26(29)22-34/h1-7,9-12,14-17,32H,18-23H2. The number of hydrogen-bond donors (Lipinski definition) is 0. The first-order valence-corrected chi connectivity index (χ1v) is 12.6. The lowest BCUT2D eigenvalue weighted by molar-refractivity contribution is -0.0492. The third-order valence-corrected chi connectivity index (χ3v) is 6.60. The Balaban J connectivity index is 1.21. The Morgan fingerprint density at radius 3 is 2.14 bits per heavy atom. The summed E-state index contributed by atoms with van der Waals surface area (Å²) >= 11 is 0. The molecule has 0 bridgehead atoms. The van der Waals surface area contributed by atoms with Gasteiger partial charge in [0.05, 0.1) is 19.8 Å². The summed E-state index contributed by atoms with van der Waals surface area (Å²) in [5.74, 6) is 7.26. The molecule has 0 aliphatic carbocycles. The summed E-state index contributed by atoms with van der Waals surface area (Å²) in [5.41, 5.74) is 7.67. The highest BCUT2D eigenvalue weighted by Crippen LogP contribution is 2.32. The van der Waals surface area contributed by atoms with E-state index >= 15 is 0 Å². The van der Waals surface area contributed by atoms with Crippen LogP contribution >= 0.6 is 0 Å². The minimum Gasteiger partial charge on any atom is -0.487 e. The van der Waals surface area contributed by atoms with Crippen LogP contribution in [0.3, 0.4) is 0 Å². The molecule has 0 radical (unpaired) electrons. The van der Waals surface area contributed by atoms with Crippen molar-refractivity contribution in [3.05, 3.63) is 119 Å². The second-order valence-corrected chi connectivity index (χ2v) is 9.19. The Morgan fingerprint density at radius 2 is 1.43 bits per heavy atom. The molecule has 6 rings (SSSR count). The molecule has 37 heavy (non-hydrogen) atoms. The summed E-state index contributed by atoms with van der Waals surface area (Å²) in [7, 11) is 0. The summed E-state index contributed by atoms with van der Waals surface area (Å²) in [4.78, 5) is 7.15. The number of benzene rings is 3. The minimum atomic E-state index is -0.536. The second kappa shape index (κ2) is 11.0. The van der Waals surface area contributed by atoms with E-state index in [1.807, 2.05) is 42.5 Å². The molecular formula is C32H28N2O3. The van der Waals surface area contributed by atoms with Gasteiger partial charge in [0.2, 0.25) is 6.29 Å². The fourth-order valence-electron chi connectivity index (χ4n) is 4.81. The van der Waals surface area contributed by atoms with Gasteiger partial charge in [-0.1, -0.05) is 84.8 Å². The highest BCUT2D eigenvalue weighted by atomic mass is 16.7. The van der Waals surface area contributed by atoms with Crippen molar-refractivity contribution < 1.29 is 14.2 Å². The van der Waals surface area contributed by atoms with Gasteiger partial charge in [-0.15, -0.1) is 0 Å². The molecule has 1 fully saturated rings. The Hall–Kier alpha value is -3.95. The maximum atomic E-state index is 6.09. The molecule has 1 saturated heterocycles. The Morgan fingerprint density at radius 1 is 0.784 bits per heavy atom. The van der Waals surface area contributed by atoms with Gasteiger partial charge in [0.1, 0.15) is 23.7 Å². The van der Waals surface area contributed by atoms with E-state index in [1.165, 1.54) is 22.3 Å². The van der Waals surface area contributed by atoms with Gasteiger partial charge in [0.15, 0.2) is 0 Å². The van der Waals surface area contributed by atoms with Crippen LogP contribution in [0, 0.1) is 11.8 Å². The molecule has 184 valence electrons. The fraction of sp³-hybridized carbons (Fsp3) is 0.219. The molecule has 0 saturated carbocycles. The van der Waals surface area contributed by atoms with Crippen LogP contribution in [-0.4, -0.2) is 29.6 Å². The van der Waals surface area contributed by atoms with Crippen molar-refractivity contribution in [1.29, 1.82) is 0 Å². The topological polar surface area (TPSA) is 43.8 Å². The molecule has 1 aromatic heterocycles. The zero-order valence-electron chi connectivity index (χ0n) is 20.6. The van der Waals surface area contributed by atoms with Crippen molar-refractivity contribution in [2.45, 2.75) is 26.0 Å². The quantitative estimate of drug-likeness (QED) is 0.335. The van der Waals surface area contributed by atoms with Crippen molar-refractivity contribution in [1.82, 2.24) is 9.88 Å². The molecule has 2 aliphatic rings. The zero-order chi connectivity index (χ0) is 24.9. The summed E-state index contributed by atoms with van der Waals surface area (Å²) in [5, 5.41) is 0. The first-order chi connectivity index (χ1) is 18.3. The van der Waals surface area contributed by atoms with Gasteiger partial charge in [0.25, 0.3) is 0 Å². The molecule has 0 unspecified atom stereocenters. The number of ether oxygens (including phenoxy) is 3. The van der Waals surface area contributed by atoms with Gasteiger partial charge in [-0.05, 0) is 45.9 Å². The van der Waals surface area contributed by atoms with Crippen LogP contribution in [0.15, 0.2) is 91.0 Å². The van der Waals surface area contributed by atoms with Crippen LogP contribution in [0.1, 0.15) is 34.4 Å². The summed E-state index contributed by atoms with van der Waals surface area (Å²) in [6, 6.07) is 31.2. The first-order valence-electron chi connectivity index (χ1n) is 12.6. The van der Waals surface area contributed by atoms with Gasteiger partial charge >= 0.3 is 0 Å². The molecule has 5 nitrogen and oxygen atoms in total. The maximum Gasteiger partial charge on any atom is 0.205 e. The van der Waals surface area contributed by atoms with Gasteiger partial charge in [-0.25, -0.2) is 4.98 Å². The van der Waals surface area contributed by atoms with Crippen molar-refractivity contribution in [3.63, 3.8) is 0 Å². The smallest absolute Gasteiger partial charge is 0.205 e. The number of rotatable bonds is 5. The van der Waals surface area contributed by atoms with Gasteiger partial charge in [-0.2, -0.15) is 0 Å². The third kappa shape index (κ3) is 5.42. The Labute approximate surface area is 217 Å². The zero-order valence-corrected chi connectivity index (χ0v) is 20.6. The minimum absolute atomic E-state index is 0.450. The average molecular weight is 489 g/mol. The lowest BCUT2D eigenvalue weighted by Gasteiger charge is -2.18. The predicted octanol–water partition coefficient (Wildman–Crippen LogP) is 5.74. The lowest BCUT2D eigenvalue weighted by atomic mass is 9.97. The van der Waals surface area contributed by atoms with E-state index in [-0.39, 0.29) is 0 Å². The fourth-order valence-corrected chi connectivity index (χ4v) is 4.81. The van der Waals surface area contributed by atoms with Gasteiger partial charge < -0.3 is 14.2 Å². The Kier molecular flexibility index (Phi) is 6.96. The molecule has 0 spiro atoms. The van der Waals surface area contributed by atoms with E-state index in [2.05, 4.69) is 65.3 Å². The summed E-state index contributed by atoms with van der Waals surface area (Å²) in [6.45, 7) is 3.88. The van der Waals surface area contributed by atoms with Crippen LogP contribution in [0.4, 0.5) is 0 Å². The van der Waals surface area contributed by atoms with Crippen molar-refractivity contribution in [2.75, 3.05) is 19.8 Å². The highest BCUT2D eigenvalue weighted by Gasteiger charge is 2.24. The van der Waals surface area contributed by atoms with Crippen molar-refractivity contribution in [3.8, 4) is 28.7 Å². The van der Waals surface area contributed by atoms with E-state index in [0.29, 0.717) is 43.5 Å². The SMILES string of the molecule is C(#Cc1ccc(OCc2ccccc2)c(C2OCCO2)n1)CN1Cc2ccccc2-c2ccccc2C1. The second-order valence-electron chi connectivity index (χ2n) is 9.19. The van der Waals surface area contributed by atoms with E-state index in [1.54, 1.807) is 0 Å². The molecular weight excluding hydrogens is 460 g/mol. The van der Waals surface area contributed by atoms with Crippen LogP contribution in [0.25, 0.3) is 11.1 Å². The van der Waals surface area contributed by atoms with Crippen LogP contribution in [0.5, 0.6) is 5.75 Å². The normalized spacial score (nSPS) is 15.2. The van der Waals surface area contributed by atoms with Gasteiger partial charge in [-0.3, -0.25) is 4.90 Å². The molecule has 0 N–H and O–H groups in total. The number of aromatic nitrogens is 1. The summed E-state index contributed by atoms with van der Waals surface area (Å²) in [6.07, 6.45) is -0.536. The van der Waals surface area contributed by atoms with E-state index < -0.39 is 6.29 Å². The Bertz CT molecular complexity index is 1390. The third-order valence-electron chi connectivity index (χ3n) is 6.60. The molecule has 4 aromatic rings. The lowest BCUT2D eigenvalue weighted by Crippen LogP contribution is -2.22. The predicted molar refractivity (Wildman–Crippen MR) is 143 cm³/mol. The van der Waals surface area contributed by atoms with Crippen LogP contribution < -0.4 is 4.74 Å². The van der Waals surface area contributed by atoms with Gasteiger partial charge in [0, 0.05) is 13.1 Å². The molecule has 3 heterocycles. The number of fused-ring (bicyclic) bond motifs is 3. The first kappa shape index (κ1) is 23.4. The largest absolute Gasteiger partial charge is 0.487 e. The maximum absolute atomic E-state index is 6.09. The number of hydrogen-bond acceptors (Lipinski definition) is 5. The monoisotopic (exact) mass is 488 g/mol. The molecule has 5 heteroatoms. The van der Waals surface area contributed by atoms with E-state index in [9.17, 15) is 0 Å². The molecule has 0 amide bonds. The molecule has 2 aliphatic heterocycles. The summed E-state index contributed by atoms with van der Waals surface area (Å²) < 4.78 is 17.6. The average Bonchev–Trinajstić information content (AvgIpc) is 3.43. The molecule has 3 aromatic carbocycles. The van der Waals surface area contributed by atoms with Crippen molar-refractivity contribution >= 4 is 0 Å².